The van der Waals surface area contributed by atoms with Gasteiger partial charge in [0.15, 0.2) is 0 Å². The van der Waals surface area contributed by atoms with Crippen molar-refractivity contribution in [2.24, 2.45) is 11.7 Å². The van der Waals surface area contributed by atoms with Crippen LogP contribution in [0.3, 0.4) is 0 Å². The van der Waals surface area contributed by atoms with E-state index >= 15 is 0 Å². The van der Waals surface area contributed by atoms with E-state index in [-0.39, 0.29) is 30.7 Å². The molecule has 0 spiro atoms. The fraction of sp³-hybridized carbons (Fsp3) is 0.429. The smallest absolute Gasteiger partial charge is 0.232 e. The van der Waals surface area contributed by atoms with Gasteiger partial charge in [-0.1, -0.05) is 25.1 Å². The van der Waals surface area contributed by atoms with E-state index in [1.165, 1.54) is 4.90 Å². The number of nitrogens with two attached hydrogens (primary N) is 1. The predicted molar refractivity (Wildman–Crippen MR) is 70.4 cm³/mol. The Morgan fingerprint density at radius 2 is 2.11 bits per heavy atom. The molecule has 5 nitrogen and oxygen atoms in total. The number of benzene rings is 1. The Morgan fingerprint density at radius 1 is 1.42 bits per heavy atom. The summed E-state index contributed by atoms with van der Waals surface area (Å²) in [6.45, 7) is 1.96. The van der Waals surface area contributed by atoms with E-state index in [0.717, 1.165) is 5.56 Å². The van der Waals surface area contributed by atoms with Crippen LogP contribution in [0.15, 0.2) is 24.3 Å². The zero-order valence-corrected chi connectivity index (χ0v) is 11.1. The summed E-state index contributed by atoms with van der Waals surface area (Å²) in [6.07, 6.45) is 0.275. The van der Waals surface area contributed by atoms with Crippen LogP contribution in [0, 0.1) is 5.92 Å². The third-order valence-corrected chi connectivity index (χ3v) is 3.39. The molecule has 1 fully saturated rings. The minimum Gasteiger partial charge on any atom is -0.496 e. The molecule has 5 heteroatoms. The molecule has 1 aromatic rings. The minimum absolute atomic E-state index is 0.143. The number of hydrogen-bond acceptors (Lipinski definition) is 4. The van der Waals surface area contributed by atoms with Gasteiger partial charge in [0.05, 0.1) is 13.2 Å². The van der Waals surface area contributed by atoms with Crippen molar-refractivity contribution in [3.05, 3.63) is 29.8 Å². The number of hydrogen-bond donors (Lipinski definition) is 1. The average Bonchev–Trinajstić information content (AvgIpc) is 2.65. The SMILES string of the molecule is COc1ccccc1C(N)CN1C(=O)CC(C)C1=O. The maximum absolute atomic E-state index is 11.9. The summed E-state index contributed by atoms with van der Waals surface area (Å²) in [5.74, 6) is 0.137. The van der Waals surface area contributed by atoms with Gasteiger partial charge in [0.1, 0.15) is 5.75 Å². The molecular formula is C14H18N2O3. The van der Waals surface area contributed by atoms with E-state index in [9.17, 15) is 9.59 Å². The van der Waals surface area contributed by atoms with Gasteiger partial charge in [-0.15, -0.1) is 0 Å². The molecular weight excluding hydrogens is 244 g/mol. The number of methoxy groups -OCH3 is 1. The maximum Gasteiger partial charge on any atom is 0.232 e. The van der Waals surface area contributed by atoms with Crippen LogP contribution in [-0.4, -0.2) is 30.4 Å². The monoisotopic (exact) mass is 262 g/mol. The Balaban J connectivity index is 2.15. The van der Waals surface area contributed by atoms with Crippen molar-refractivity contribution >= 4 is 11.8 Å². The van der Waals surface area contributed by atoms with Crippen molar-refractivity contribution in [1.29, 1.82) is 0 Å². The quantitative estimate of drug-likeness (QED) is 0.824. The first-order valence-corrected chi connectivity index (χ1v) is 6.27. The maximum atomic E-state index is 11.9. The largest absolute Gasteiger partial charge is 0.496 e. The zero-order valence-electron chi connectivity index (χ0n) is 11.1. The normalized spacial score (nSPS) is 20.8. The first kappa shape index (κ1) is 13.5. The first-order valence-electron chi connectivity index (χ1n) is 6.27. The van der Waals surface area contributed by atoms with Gasteiger partial charge in [0, 0.05) is 24.4 Å². The molecule has 102 valence electrons. The lowest BCUT2D eigenvalue weighted by atomic mass is 10.1. The highest BCUT2D eigenvalue weighted by Gasteiger charge is 2.36. The number of carbonyl (C=O) groups excluding carboxylic acids is 2. The number of para-hydroxylation sites is 1. The van der Waals surface area contributed by atoms with Crippen molar-refractivity contribution in [3.8, 4) is 5.75 Å². The number of ether oxygens (including phenoxy) is 1. The predicted octanol–water partition coefficient (Wildman–Crippen LogP) is 1.09. The Morgan fingerprint density at radius 3 is 2.68 bits per heavy atom. The summed E-state index contributed by atoms with van der Waals surface area (Å²) >= 11 is 0. The molecule has 1 saturated heterocycles. The van der Waals surface area contributed by atoms with Gasteiger partial charge >= 0.3 is 0 Å². The second-order valence-corrected chi connectivity index (χ2v) is 4.80. The highest BCUT2D eigenvalue weighted by Crippen LogP contribution is 2.26. The van der Waals surface area contributed by atoms with E-state index in [1.807, 2.05) is 24.3 Å². The van der Waals surface area contributed by atoms with Crippen LogP contribution in [0.1, 0.15) is 24.9 Å². The summed E-state index contributed by atoms with van der Waals surface area (Å²) in [5, 5.41) is 0. The standard InChI is InChI=1S/C14H18N2O3/c1-9-7-13(17)16(14(9)18)8-11(15)10-5-3-4-6-12(10)19-2/h3-6,9,11H,7-8,15H2,1-2H3. The fourth-order valence-corrected chi connectivity index (χ4v) is 2.31. The number of amides is 2. The van der Waals surface area contributed by atoms with Crippen LogP contribution in [0.25, 0.3) is 0 Å². The van der Waals surface area contributed by atoms with Crippen LogP contribution < -0.4 is 10.5 Å². The molecule has 19 heavy (non-hydrogen) atoms. The first-order chi connectivity index (χ1) is 9.04. The van der Waals surface area contributed by atoms with Crippen molar-refractivity contribution in [3.63, 3.8) is 0 Å². The van der Waals surface area contributed by atoms with Gasteiger partial charge in [-0.25, -0.2) is 0 Å². The van der Waals surface area contributed by atoms with Crippen molar-refractivity contribution in [1.82, 2.24) is 4.90 Å². The second kappa shape index (κ2) is 5.40. The third-order valence-electron chi connectivity index (χ3n) is 3.39. The molecule has 1 aliphatic heterocycles. The Hall–Kier alpha value is -1.88. The highest BCUT2D eigenvalue weighted by molar-refractivity contribution is 6.03. The molecule has 0 saturated carbocycles. The number of carbonyl (C=O) groups is 2. The van der Waals surface area contributed by atoms with E-state index in [2.05, 4.69) is 0 Å². The van der Waals surface area contributed by atoms with Gasteiger partial charge in [-0.3, -0.25) is 14.5 Å². The van der Waals surface area contributed by atoms with Gasteiger partial charge < -0.3 is 10.5 Å². The van der Waals surface area contributed by atoms with Crippen LogP contribution in [0.5, 0.6) is 5.75 Å². The van der Waals surface area contributed by atoms with Gasteiger partial charge in [-0.05, 0) is 6.07 Å². The zero-order chi connectivity index (χ0) is 14.0. The van der Waals surface area contributed by atoms with E-state index in [4.69, 9.17) is 10.5 Å². The van der Waals surface area contributed by atoms with Crippen LogP contribution in [0.2, 0.25) is 0 Å². The molecule has 2 rings (SSSR count). The number of nitrogens with zero attached hydrogens (tertiary/aromatic N) is 1. The fourth-order valence-electron chi connectivity index (χ4n) is 2.31. The molecule has 0 aromatic heterocycles. The van der Waals surface area contributed by atoms with Gasteiger partial charge in [0.2, 0.25) is 11.8 Å². The number of likely N-dealkylation sites (tertiary alicyclic amines) is 1. The lowest BCUT2D eigenvalue weighted by Gasteiger charge is -2.21. The molecule has 2 unspecified atom stereocenters. The summed E-state index contributed by atoms with van der Waals surface area (Å²) in [5.41, 5.74) is 6.89. The van der Waals surface area contributed by atoms with E-state index < -0.39 is 6.04 Å². The lowest BCUT2D eigenvalue weighted by molar-refractivity contribution is -0.139. The van der Waals surface area contributed by atoms with Crippen molar-refractivity contribution in [2.45, 2.75) is 19.4 Å². The highest BCUT2D eigenvalue weighted by atomic mass is 16.5. The van der Waals surface area contributed by atoms with Crippen LogP contribution >= 0.6 is 0 Å². The second-order valence-electron chi connectivity index (χ2n) is 4.80. The van der Waals surface area contributed by atoms with E-state index in [1.54, 1.807) is 14.0 Å². The molecule has 0 aliphatic carbocycles. The Bertz CT molecular complexity index is 501. The average molecular weight is 262 g/mol. The van der Waals surface area contributed by atoms with Crippen LogP contribution in [0.4, 0.5) is 0 Å². The third kappa shape index (κ3) is 2.61. The lowest BCUT2D eigenvalue weighted by Crippen LogP contribution is -2.37. The molecule has 0 bridgehead atoms. The molecule has 1 aliphatic rings. The molecule has 0 radical (unpaired) electrons. The summed E-state index contributed by atoms with van der Waals surface area (Å²) in [6, 6.07) is 6.93. The molecule has 1 heterocycles. The number of imide groups is 1. The molecule has 2 N–H and O–H groups in total. The molecule has 2 amide bonds. The molecule has 2 atom stereocenters. The summed E-state index contributed by atoms with van der Waals surface area (Å²) < 4.78 is 5.24. The van der Waals surface area contributed by atoms with Gasteiger partial charge in [0.25, 0.3) is 0 Å². The Kier molecular flexibility index (Phi) is 3.85. The van der Waals surface area contributed by atoms with E-state index in [0.29, 0.717) is 5.75 Å². The topological polar surface area (TPSA) is 72.6 Å². The van der Waals surface area contributed by atoms with Crippen molar-refractivity contribution in [2.75, 3.05) is 13.7 Å². The number of rotatable bonds is 4. The summed E-state index contributed by atoms with van der Waals surface area (Å²) in [7, 11) is 1.57. The van der Waals surface area contributed by atoms with Crippen LogP contribution in [-0.2, 0) is 9.59 Å². The summed E-state index contributed by atoms with van der Waals surface area (Å²) in [4.78, 5) is 24.8. The van der Waals surface area contributed by atoms with Gasteiger partial charge in [-0.2, -0.15) is 0 Å². The molecule has 1 aromatic carbocycles. The minimum atomic E-state index is -0.436. The van der Waals surface area contributed by atoms with Crippen molar-refractivity contribution < 1.29 is 14.3 Å². The Labute approximate surface area is 112 Å².